The summed E-state index contributed by atoms with van der Waals surface area (Å²) in [6, 6.07) is 3.83. The molecule has 1 aromatic carbocycles. The molecule has 0 saturated heterocycles. The molecule has 0 spiro atoms. The predicted octanol–water partition coefficient (Wildman–Crippen LogP) is 2.11. The molecule has 3 N–H and O–H groups in total. The zero-order valence-electron chi connectivity index (χ0n) is 9.88. The number of aromatic nitrogens is 1. The molecule has 0 fully saturated rings. The Balaban J connectivity index is 2.18. The van der Waals surface area contributed by atoms with Crippen LogP contribution < -0.4 is 5.32 Å². The van der Waals surface area contributed by atoms with Gasteiger partial charge in [-0.05, 0) is 19.1 Å². The Morgan fingerprint density at radius 2 is 2.11 bits per heavy atom. The summed E-state index contributed by atoms with van der Waals surface area (Å²) in [5, 5.41) is 21.6. The van der Waals surface area contributed by atoms with Gasteiger partial charge in [-0.2, -0.15) is 0 Å². The average molecular weight is 278 g/mol. The molecule has 0 saturated carbocycles. The van der Waals surface area contributed by atoms with Gasteiger partial charge in [0.15, 0.2) is 0 Å². The maximum absolute atomic E-state index is 11.8. The molecule has 1 aromatic heterocycles. The molecule has 2 aromatic rings. The van der Waals surface area contributed by atoms with Crippen molar-refractivity contribution in [1.29, 1.82) is 0 Å². The van der Waals surface area contributed by atoms with Crippen molar-refractivity contribution in [3.8, 4) is 5.75 Å². The van der Waals surface area contributed by atoms with Crippen LogP contribution in [0.5, 0.6) is 5.75 Å². The highest BCUT2D eigenvalue weighted by molar-refractivity contribution is 7.13. The maximum atomic E-state index is 11.8. The SMILES string of the molecule is Cc1ncc(C(=O)Nc2ccc(C(=O)O)c(O)c2)s1. The molecule has 2 rings (SSSR count). The third kappa shape index (κ3) is 2.89. The summed E-state index contributed by atoms with van der Waals surface area (Å²) < 4.78 is 0. The van der Waals surface area contributed by atoms with E-state index in [2.05, 4.69) is 10.3 Å². The first-order valence-electron chi connectivity index (χ1n) is 5.27. The Kier molecular flexibility index (Phi) is 3.48. The second kappa shape index (κ2) is 5.07. The van der Waals surface area contributed by atoms with E-state index in [0.717, 1.165) is 5.01 Å². The number of carbonyl (C=O) groups excluding carboxylic acids is 1. The quantitative estimate of drug-likeness (QED) is 0.798. The number of nitrogens with one attached hydrogen (secondary N) is 1. The molecule has 19 heavy (non-hydrogen) atoms. The number of thiazole rings is 1. The molecular formula is C12H10N2O4S. The average Bonchev–Trinajstić information content (AvgIpc) is 2.75. The Hall–Kier alpha value is -2.41. The van der Waals surface area contributed by atoms with Crippen LogP contribution in [0.1, 0.15) is 25.0 Å². The number of carbonyl (C=O) groups is 2. The van der Waals surface area contributed by atoms with Gasteiger partial charge in [0.1, 0.15) is 16.2 Å². The highest BCUT2D eigenvalue weighted by atomic mass is 32.1. The van der Waals surface area contributed by atoms with Crippen molar-refractivity contribution >= 4 is 28.9 Å². The topological polar surface area (TPSA) is 99.5 Å². The molecule has 0 atom stereocenters. The van der Waals surface area contributed by atoms with Gasteiger partial charge >= 0.3 is 5.97 Å². The fourth-order valence-electron chi connectivity index (χ4n) is 1.45. The molecular weight excluding hydrogens is 268 g/mol. The van der Waals surface area contributed by atoms with E-state index in [1.54, 1.807) is 6.92 Å². The number of aromatic hydroxyl groups is 1. The highest BCUT2D eigenvalue weighted by Crippen LogP contribution is 2.23. The number of anilines is 1. The van der Waals surface area contributed by atoms with Crippen LogP contribution >= 0.6 is 11.3 Å². The normalized spacial score (nSPS) is 10.2. The second-order valence-electron chi connectivity index (χ2n) is 3.73. The Morgan fingerprint density at radius 3 is 2.63 bits per heavy atom. The monoisotopic (exact) mass is 278 g/mol. The van der Waals surface area contributed by atoms with E-state index >= 15 is 0 Å². The lowest BCUT2D eigenvalue weighted by atomic mass is 10.2. The third-order valence-corrected chi connectivity index (χ3v) is 3.24. The summed E-state index contributed by atoms with van der Waals surface area (Å²) in [6.45, 7) is 1.79. The largest absolute Gasteiger partial charge is 0.507 e. The standard InChI is InChI=1S/C12H10N2O4S/c1-6-13-5-10(19-6)11(16)14-7-2-3-8(12(17)18)9(15)4-7/h2-5,15H,1H3,(H,14,16)(H,17,18). The number of phenols is 1. The number of aryl methyl sites for hydroxylation is 1. The van der Waals surface area contributed by atoms with E-state index in [4.69, 9.17) is 5.11 Å². The number of nitrogens with zero attached hydrogens (tertiary/aromatic N) is 1. The molecule has 0 aliphatic heterocycles. The number of rotatable bonds is 3. The van der Waals surface area contributed by atoms with E-state index in [1.807, 2.05) is 0 Å². The van der Waals surface area contributed by atoms with Gasteiger partial charge in [-0.25, -0.2) is 9.78 Å². The van der Waals surface area contributed by atoms with Crippen molar-refractivity contribution in [2.24, 2.45) is 0 Å². The van der Waals surface area contributed by atoms with Crippen molar-refractivity contribution in [2.45, 2.75) is 6.92 Å². The van der Waals surface area contributed by atoms with Crippen molar-refractivity contribution < 1.29 is 19.8 Å². The van der Waals surface area contributed by atoms with Crippen molar-refractivity contribution in [3.05, 3.63) is 39.8 Å². The molecule has 0 bridgehead atoms. The molecule has 1 heterocycles. The van der Waals surface area contributed by atoms with E-state index in [1.165, 1.54) is 35.7 Å². The van der Waals surface area contributed by atoms with Gasteiger partial charge in [-0.15, -0.1) is 11.3 Å². The lowest BCUT2D eigenvalue weighted by Crippen LogP contribution is -2.10. The van der Waals surface area contributed by atoms with Crippen molar-refractivity contribution in [1.82, 2.24) is 4.98 Å². The van der Waals surface area contributed by atoms with Crippen LogP contribution in [0.3, 0.4) is 0 Å². The third-order valence-electron chi connectivity index (χ3n) is 2.33. The van der Waals surface area contributed by atoms with E-state index in [-0.39, 0.29) is 11.5 Å². The van der Waals surface area contributed by atoms with Crippen LogP contribution in [0.4, 0.5) is 5.69 Å². The number of hydrogen-bond donors (Lipinski definition) is 3. The molecule has 6 nitrogen and oxygen atoms in total. The second-order valence-corrected chi connectivity index (χ2v) is 4.97. The smallest absolute Gasteiger partial charge is 0.339 e. The minimum Gasteiger partial charge on any atom is -0.507 e. The first kappa shape index (κ1) is 13.0. The first-order chi connectivity index (χ1) is 8.97. The van der Waals surface area contributed by atoms with Crippen LogP contribution in [0, 0.1) is 6.92 Å². The summed E-state index contributed by atoms with van der Waals surface area (Å²) in [7, 11) is 0. The van der Waals surface area contributed by atoms with Gasteiger partial charge in [0.2, 0.25) is 0 Å². The van der Waals surface area contributed by atoms with Crippen molar-refractivity contribution in [2.75, 3.05) is 5.32 Å². The van der Waals surface area contributed by atoms with Gasteiger partial charge in [0.25, 0.3) is 5.91 Å². The number of amides is 1. The fourth-order valence-corrected chi connectivity index (χ4v) is 2.12. The van der Waals surface area contributed by atoms with Gasteiger partial charge in [-0.1, -0.05) is 0 Å². The lowest BCUT2D eigenvalue weighted by Gasteiger charge is -2.05. The zero-order valence-corrected chi connectivity index (χ0v) is 10.7. The summed E-state index contributed by atoms with van der Waals surface area (Å²) in [5.74, 6) is -1.98. The van der Waals surface area contributed by atoms with E-state index < -0.39 is 11.7 Å². The minimum absolute atomic E-state index is 0.216. The van der Waals surface area contributed by atoms with Gasteiger partial charge in [0.05, 0.1) is 11.2 Å². The Labute approximate surface area is 112 Å². The predicted molar refractivity (Wildman–Crippen MR) is 69.9 cm³/mol. The molecule has 0 radical (unpaired) electrons. The molecule has 98 valence electrons. The van der Waals surface area contributed by atoms with Crippen LogP contribution in [-0.4, -0.2) is 27.1 Å². The molecule has 1 amide bonds. The maximum Gasteiger partial charge on any atom is 0.339 e. The highest BCUT2D eigenvalue weighted by Gasteiger charge is 2.13. The van der Waals surface area contributed by atoms with Gasteiger partial charge in [0, 0.05) is 11.8 Å². The number of benzene rings is 1. The molecule has 7 heteroatoms. The summed E-state index contributed by atoms with van der Waals surface area (Å²) in [6.07, 6.45) is 1.46. The van der Waals surface area contributed by atoms with E-state index in [9.17, 15) is 14.7 Å². The van der Waals surface area contributed by atoms with Crippen molar-refractivity contribution in [3.63, 3.8) is 0 Å². The summed E-state index contributed by atoms with van der Waals surface area (Å²) in [5.41, 5.74) is 0.102. The van der Waals surface area contributed by atoms with Crippen LogP contribution in [-0.2, 0) is 0 Å². The summed E-state index contributed by atoms with van der Waals surface area (Å²) >= 11 is 1.25. The van der Waals surface area contributed by atoms with Crippen LogP contribution in [0.25, 0.3) is 0 Å². The Morgan fingerprint density at radius 1 is 1.37 bits per heavy atom. The number of hydrogen-bond acceptors (Lipinski definition) is 5. The zero-order chi connectivity index (χ0) is 14.0. The van der Waals surface area contributed by atoms with Gasteiger partial charge < -0.3 is 15.5 Å². The first-order valence-corrected chi connectivity index (χ1v) is 6.09. The van der Waals surface area contributed by atoms with Crippen LogP contribution in [0.15, 0.2) is 24.4 Å². The minimum atomic E-state index is -1.23. The molecule has 0 unspecified atom stereocenters. The van der Waals surface area contributed by atoms with Gasteiger partial charge in [-0.3, -0.25) is 4.79 Å². The number of carboxylic acid groups (broad SMARTS) is 1. The van der Waals surface area contributed by atoms with E-state index in [0.29, 0.717) is 10.6 Å². The molecule has 0 aliphatic rings. The number of aromatic carboxylic acids is 1. The molecule has 0 aliphatic carbocycles. The van der Waals surface area contributed by atoms with Crippen LogP contribution in [0.2, 0.25) is 0 Å². The lowest BCUT2D eigenvalue weighted by molar-refractivity contribution is 0.0693. The number of carboxylic acids is 1. The summed E-state index contributed by atoms with van der Waals surface area (Å²) in [4.78, 5) is 27.0. The fraction of sp³-hybridized carbons (Fsp3) is 0.0833. The Bertz CT molecular complexity index is 651.